The van der Waals surface area contributed by atoms with Crippen LogP contribution in [0.4, 0.5) is 5.69 Å². The van der Waals surface area contributed by atoms with Crippen LogP contribution in [0.25, 0.3) is 11.0 Å². The lowest BCUT2D eigenvalue weighted by atomic mass is 10.3. The molecule has 2 aromatic heterocycles. The van der Waals surface area contributed by atoms with E-state index in [1.165, 1.54) is 21.8 Å². The normalized spacial score (nSPS) is 10.8. The van der Waals surface area contributed by atoms with Crippen molar-refractivity contribution in [1.29, 1.82) is 0 Å². The molecule has 0 aliphatic carbocycles. The van der Waals surface area contributed by atoms with Crippen molar-refractivity contribution >= 4 is 38.6 Å². The summed E-state index contributed by atoms with van der Waals surface area (Å²) in [6.45, 7) is -0.104. The highest BCUT2D eigenvalue weighted by Gasteiger charge is 2.10. The van der Waals surface area contributed by atoms with Gasteiger partial charge in [-0.15, -0.1) is 0 Å². The van der Waals surface area contributed by atoms with E-state index < -0.39 is 0 Å². The molecule has 1 aromatic carbocycles. The smallest absolute Gasteiger partial charge is 0.264 e. The zero-order valence-electron chi connectivity index (χ0n) is 11.7. The molecule has 22 heavy (non-hydrogen) atoms. The Balaban J connectivity index is 1.80. The number of hydrogen-bond donors (Lipinski definition) is 1. The lowest BCUT2D eigenvalue weighted by Crippen LogP contribution is -2.27. The summed E-state index contributed by atoms with van der Waals surface area (Å²) in [5.41, 5.74) is 0.871. The minimum atomic E-state index is -0.297. The molecule has 0 radical (unpaired) electrons. The molecule has 0 fully saturated rings. The number of aromatic nitrogens is 4. The average Bonchev–Trinajstić information content (AvgIpc) is 2.87. The van der Waals surface area contributed by atoms with Gasteiger partial charge in [-0.3, -0.25) is 18.8 Å². The molecule has 0 saturated carbocycles. The van der Waals surface area contributed by atoms with Crippen molar-refractivity contribution in [1.82, 2.24) is 19.3 Å². The Kier molecular flexibility index (Phi) is 3.76. The molecule has 0 aliphatic heterocycles. The van der Waals surface area contributed by atoms with Crippen LogP contribution in [-0.2, 0) is 18.4 Å². The molecule has 3 rings (SSSR count). The molecule has 2 heterocycles. The van der Waals surface area contributed by atoms with Crippen LogP contribution >= 0.6 is 15.9 Å². The van der Waals surface area contributed by atoms with Crippen LogP contribution < -0.4 is 10.9 Å². The van der Waals surface area contributed by atoms with E-state index in [9.17, 15) is 9.59 Å². The van der Waals surface area contributed by atoms with Gasteiger partial charge in [-0.05, 0) is 24.3 Å². The molecule has 8 heteroatoms. The van der Waals surface area contributed by atoms with Gasteiger partial charge in [0.05, 0.1) is 6.20 Å². The number of nitrogens with one attached hydrogen (secondary N) is 1. The second-order valence-electron chi connectivity index (χ2n) is 4.74. The lowest BCUT2D eigenvalue weighted by molar-refractivity contribution is -0.116. The summed E-state index contributed by atoms with van der Waals surface area (Å²) in [5.74, 6) is -0.297. The van der Waals surface area contributed by atoms with Crippen molar-refractivity contribution in [3.63, 3.8) is 0 Å². The minimum Gasteiger partial charge on any atom is -0.325 e. The first-order chi connectivity index (χ1) is 10.5. The van der Waals surface area contributed by atoms with E-state index in [1.807, 2.05) is 12.1 Å². The number of benzene rings is 1. The summed E-state index contributed by atoms with van der Waals surface area (Å²) in [4.78, 5) is 28.4. The first-order valence-electron chi connectivity index (χ1n) is 6.47. The fraction of sp³-hybridized carbons (Fsp3) is 0.143. The average molecular weight is 362 g/mol. The Morgan fingerprint density at radius 3 is 2.77 bits per heavy atom. The molecule has 0 bridgehead atoms. The molecule has 0 unspecified atom stereocenters. The van der Waals surface area contributed by atoms with Gasteiger partial charge in [-0.2, -0.15) is 5.10 Å². The summed E-state index contributed by atoms with van der Waals surface area (Å²) in [7, 11) is 1.71. The van der Waals surface area contributed by atoms with Gasteiger partial charge in [0.15, 0.2) is 5.65 Å². The van der Waals surface area contributed by atoms with Crippen LogP contribution in [-0.4, -0.2) is 25.2 Å². The first kappa shape index (κ1) is 14.5. The Morgan fingerprint density at radius 1 is 1.32 bits per heavy atom. The second-order valence-corrected chi connectivity index (χ2v) is 5.65. The maximum atomic E-state index is 12.3. The molecule has 0 aliphatic rings. The third-order valence-corrected chi connectivity index (χ3v) is 3.69. The number of nitrogens with zero attached hydrogens (tertiary/aromatic N) is 4. The van der Waals surface area contributed by atoms with Crippen LogP contribution in [0.15, 0.2) is 46.1 Å². The van der Waals surface area contributed by atoms with E-state index in [4.69, 9.17) is 0 Å². The number of anilines is 1. The summed E-state index contributed by atoms with van der Waals surface area (Å²) in [6, 6.07) is 7.19. The number of carbonyl (C=O) groups excluding carboxylic acids is 1. The van der Waals surface area contributed by atoms with Crippen molar-refractivity contribution in [2.24, 2.45) is 7.05 Å². The van der Waals surface area contributed by atoms with Crippen LogP contribution in [0.3, 0.4) is 0 Å². The molecule has 3 aromatic rings. The number of amides is 1. The predicted molar refractivity (Wildman–Crippen MR) is 85.5 cm³/mol. The maximum Gasteiger partial charge on any atom is 0.264 e. The quantitative estimate of drug-likeness (QED) is 0.766. The van der Waals surface area contributed by atoms with Gasteiger partial charge in [0, 0.05) is 17.2 Å². The third-order valence-electron chi connectivity index (χ3n) is 3.16. The Morgan fingerprint density at radius 2 is 2.05 bits per heavy atom. The number of rotatable bonds is 3. The van der Waals surface area contributed by atoms with Gasteiger partial charge in [0.25, 0.3) is 5.56 Å². The van der Waals surface area contributed by atoms with Crippen molar-refractivity contribution in [2.75, 3.05) is 5.32 Å². The van der Waals surface area contributed by atoms with Gasteiger partial charge in [-0.1, -0.05) is 15.9 Å². The molecule has 7 nitrogen and oxygen atoms in total. The molecular weight excluding hydrogens is 350 g/mol. The number of halogens is 1. The summed E-state index contributed by atoms with van der Waals surface area (Å²) < 4.78 is 3.70. The minimum absolute atomic E-state index is 0.104. The largest absolute Gasteiger partial charge is 0.325 e. The van der Waals surface area contributed by atoms with Crippen LogP contribution in [0.1, 0.15) is 0 Å². The summed E-state index contributed by atoms with van der Waals surface area (Å²) in [5, 5.41) is 7.11. The van der Waals surface area contributed by atoms with Gasteiger partial charge >= 0.3 is 0 Å². The topological polar surface area (TPSA) is 81.8 Å². The molecular formula is C14H12BrN5O2. The summed E-state index contributed by atoms with van der Waals surface area (Å²) in [6.07, 6.45) is 2.81. The van der Waals surface area contributed by atoms with Crippen molar-refractivity contribution in [3.05, 3.63) is 51.6 Å². The second kappa shape index (κ2) is 5.72. The fourth-order valence-electron chi connectivity index (χ4n) is 2.07. The maximum absolute atomic E-state index is 12.3. The van der Waals surface area contributed by atoms with Gasteiger partial charge in [0.1, 0.15) is 18.3 Å². The third kappa shape index (κ3) is 2.77. The van der Waals surface area contributed by atoms with Crippen molar-refractivity contribution in [3.8, 4) is 0 Å². The number of aryl methyl sites for hydroxylation is 1. The van der Waals surface area contributed by atoms with E-state index in [0.29, 0.717) is 16.7 Å². The number of carbonyl (C=O) groups is 1. The Labute approximate surface area is 133 Å². The SMILES string of the molecule is Cn1ncc2c(=O)n(CC(=O)Nc3ccc(Br)cc3)cnc21. The van der Waals surface area contributed by atoms with E-state index in [0.717, 1.165) is 4.47 Å². The zero-order valence-corrected chi connectivity index (χ0v) is 13.2. The van der Waals surface area contributed by atoms with Crippen molar-refractivity contribution in [2.45, 2.75) is 6.54 Å². The predicted octanol–water partition coefficient (Wildman–Crippen LogP) is 1.53. The standard InChI is InChI=1S/C14H12BrN5O2/c1-19-13-11(6-17-19)14(22)20(8-16-13)7-12(21)18-10-4-2-9(15)3-5-10/h2-6,8H,7H2,1H3,(H,18,21). The highest BCUT2D eigenvalue weighted by molar-refractivity contribution is 9.10. The van der Waals surface area contributed by atoms with E-state index in [-0.39, 0.29) is 18.0 Å². The molecule has 0 saturated heterocycles. The van der Waals surface area contributed by atoms with Gasteiger partial charge < -0.3 is 5.32 Å². The van der Waals surface area contributed by atoms with Gasteiger partial charge in [0.2, 0.25) is 5.91 Å². The van der Waals surface area contributed by atoms with Crippen LogP contribution in [0.5, 0.6) is 0 Å². The molecule has 112 valence electrons. The van der Waals surface area contributed by atoms with E-state index in [2.05, 4.69) is 31.3 Å². The van der Waals surface area contributed by atoms with Crippen LogP contribution in [0.2, 0.25) is 0 Å². The van der Waals surface area contributed by atoms with Gasteiger partial charge in [-0.25, -0.2) is 4.98 Å². The lowest BCUT2D eigenvalue weighted by Gasteiger charge is -2.07. The highest BCUT2D eigenvalue weighted by atomic mass is 79.9. The van der Waals surface area contributed by atoms with Crippen molar-refractivity contribution < 1.29 is 4.79 Å². The number of fused-ring (bicyclic) bond motifs is 1. The first-order valence-corrected chi connectivity index (χ1v) is 7.26. The molecule has 0 atom stereocenters. The molecule has 1 amide bonds. The van der Waals surface area contributed by atoms with Crippen LogP contribution in [0, 0.1) is 0 Å². The van der Waals surface area contributed by atoms with E-state index in [1.54, 1.807) is 19.2 Å². The highest BCUT2D eigenvalue weighted by Crippen LogP contribution is 2.14. The molecule has 1 N–H and O–H groups in total. The summed E-state index contributed by atoms with van der Waals surface area (Å²) >= 11 is 3.33. The zero-order chi connectivity index (χ0) is 15.7. The number of hydrogen-bond acceptors (Lipinski definition) is 4. The monoisotopic (exact) mass is 361 g/mol. The van der Waals surface area contributed by atoms with E-state index >= 15 is 0 Å². The Hall–Kier alpha value is -2.48. The fourth-order valence-corrected chi connectivity index (χ4v) is 2.33. The Bertz CT molecular complexity index is 898. The molecule has 0 spiro atoms.